The number of hydrogen-bond donors (Lipinski definition) is 2. The summed E-state index contributed by atoms with van der Waals surface area (Å²) in [6.07, 6.45) is 10.3. The van der Waals surface area contributed by atoms with Crippen molar-refractivity contribution in [1.82, 2.24) is 30.3 Å². The zero-order chi connectivity index (χ0) is 37.9. The molecule has 4 fully saturated rings. The molecular weight excluding hydrogens is 718 g/mol. The Morgan fingerprint density at radius 2 is 1.73 bits per heavy atom. The summed E-state index contributed by atoms with van der Waals surface area (Å²) in [7, 11) is 0. The highest BCUT2D eigenvalue weighted by atomic mass is 35.5. The first-order valence-corrected chi connectivity index (χ1v) is 19.9. The summed E-state index contributed by atoms with van der Waals surface area (Å²) in [6.45, 7) is 5.17. The molecule has 8 rings (SSSR count). The lowest BCUT2D eigenvalue weighted by atomic mass is 9.85. The number of carbonyl (C=O) groups excluding carboxylic acids is 3. The first kappa shape index (κ1) is 36.8. The van der Waals surface area contributed by atoms with Gasteiger partial charge in [0, 0.05) is 75.4 Å². The Morgan fingerprint density at radius 1 is 0.927 bits per heavy atom. The van der Waals surface area contributed by atoms with Gasteiger partial charge in [-0.1, -0.05) is 17.7 Å². The van der Waals surface area contributed by atoms with Gasteiger partial charge < -0.3 is 19.5 Å². The lowest BCUT2D eigenvalue weighted by Gasteiger charge is -2.38. The summed E-state index contributed by atoms with van der Waals surface area (Å²) in [4.78, 5) is 43.7. The van der Waals surface area contributed by atoms with Crippen LogP contribution in [0.4, 0.5) is 16.3 Å². The number of nitrogens with one attached hydrogen (secondary N) is 2. The van der Waals surface area contributed by atoms with E-state index in [9.17, 15) is 14.4 Å². The highest BCUT2D eigenvalue weighted by Gasteiger charge is 2.30. The molecular formula is C41H46ClN9O4. The molecule has 0 atom stereocenters. The lowest BCUT2D eigenvalue weighted by Crippen LogP contribution is -2.49. The number of ether oxygens (including phenoxy) is 1. The number of halogens is 1. The second-order valence-corrected chi connectivity index (χ2v) is 15.7. The first-order chi connectivity index (χ1) is 26.8. The molecule has 0 unspecified atom stereocenters. The molecule has 2 N–H and O–H groups in total. The number of amides is 4. The number of nitrogens with zero attached hydrogens (tertiary/aromatic N) is 7. The van der Waals surface area contributed by atoms with E-state index < -0.39 is 0 Å². The van der Waals surface area contributed by atoms with Crippen molar-refractivity contribution in [1.29, 1.82) is 5.26 Å². The standard InChI is InChI=1S/C41H46ClN9O4/c42-34-24-32(11-6-28(34)25-43)55-31-12-7-29(8-13-31)44-40(53)35-14-15-38(47-46-35)49-22-20-48(21-23-49)26-27-4-9-30(10-5-27)50-18-16-33-36(50)2-1-3-37(33)51-19-17-39(52)45-41(51)54/h1-3,6,11,14-16,18,24,27,29-31H,4-5,7-10,12-13,17,19-23,26H2,(H,44,53)(H,45,52,54)/t27?,29-,30?,31-. The molecule has 13 nitrogen and oxygen atoms in total. The van der Waals surface area contributed by atoms with Crippen LogP contribution in [0, 0.1) is 17.2 Å². The van der Waals surface area contributed by atoms with Gasteiger partial charge in [-0.2, -0.15) is 5.26 Å². The number of nitriles is 1. The Balaban J connectivity index is 0.760. The highest BCUT2D eigenvalue weighted by molar-refractivity contribution is 6.31. The monoisotopic (exact) mass is 763 g/mol. The maximum atomic E-state index is 13.0. The van der Waals surface area contributed by atoms with E-state index in [1.165, 1.54) is 12.8 Å². The van der Waals surface area contributed by atoms with Crippen molar-refractivity contribution in [2.75, 3.05) is 49.1 Å². The molecule has 0 bridgehead atoms. The van der Waals surface area contributed by atoms with E-state index in [0.29, 0.717) is 47.0 Å². The molecule has 2 aromatic carbocycles. The number of urea groups is 1. The second-order valence-electron chi connectivity index (χ2n) is 15.2. The van der Waals surface area contributed by atoms with Crippen LogP contribution >= 0.6 is 11.6 Å². The average Bonchev–Trinajstić information content (AvgIpc) is 3.64. The number of piperazine rings is 1. The molecule has 2 aliphatic carbocycles. The minimum atomic E-state index is -0.352. The van der Waals surface area contributed by atoms with Crippen molar-refractivity contribution in [2.24, 2.45) is 5.92 Å². The van der Waals surface area contributed by atoms with E-state index in [-0.39, 0.29) is 30.0 Å². The van der Waals surface area contributed by atoms with E-state index in [0.717, 1.165) is 93.7 Å². The number of aromatic nitrogens is 3. The molecule has 2 aliphatic heterocycles. The molecule has 286 valence electrons. The number of fused-ring (bicyclic) bond motifs is 1. The fourth-order valence-corrected chi connectivity index (χ4v) is 8.91. The maximum absolute atomic E-state index is 13.0. The molecule has 0 radical (unpaired) electrons. The molecule has 14 heteroatoms. The topological polar surface area (TPSA) is 149 Å². The summed E-state index contributed by atoms with van der Waals surface area (Å²) >= 11 is 6.15. The van der Waals surface area contributed by atoms with Gasteiger partial charge in [-0.15, -0.1) is 10.2 Å². The van der Waals surface area contributed by atoms with Gasteiger partial charge in [0.1, 0.15) is 11.8 Å². The van der Waals surface area contributed by atoms with Crippen LogP contribution in [-0.4, -0.2) is 88.9 Å². The van der Waals surface area contributed by atoms with E-state index in [2.05, 4.69) is 59.6 Å². The molecule has 0 spiro atoms. The number of benzene rings is 2. The summed E-state index contributed by atoms with van der Waals surface area (Å²) in [5, 5.41) is 24.8. The van der Waals surface area contributed by atoms with E-state index in [1.807, 2.05) is 18.2 Å². The zero-order valence-electron chi connectivity index (χ0n) is 30.8. The third-order valence-corrected chi connectivity index (χ3v) is 12.1. The maximum Gasteiger partial charge on any atom is 0.328 e. The minimum absolute atomic E-state index is 0.0343. The number of carbonyl (C=O) groups is 3. The van der Waals surface area contributed by atoms with Crippen LogP contribution < -0.4 is 25.2 Å². The van der Waals surface area contributed by atoms with Crippen molar-refractivity contribution in [2.45, 2.75) is 76.0 Å². The number of imide groups is 1. The smallest absolute Gasteiger partial charge is 0.328 e. The first-order valence-electron chi connectivity index (χ1n) is 19.5. The highest BCUT2D eigenvalue weighted by Crippen LogP contribution is 2.37. The second kappa shape index (κ2) is 16.3. The van der Waals surface area contributed by atoms with Gasteiger partial charge in [-0.25, -0.2) is 4.79 Å². The largest absolute Gasteiger partial charge is 0.490 e. The fourth-order valence-electron chi connectivity index (χ4n) is 8.70. The summed E-state index contributed by atoms with van der Waals surface area (Å²) in [5.74, 6) is 1.69. The third-order valence-electron chi connectivity index (χ3n) is 11.8. The molecule has 2 saturated heterocycles. The summed E-state index contributed by atoms with van der Waals surface area (Å²) in [5.41, 5.74) is 2.74. The van der Waals surface area contributed by atoms with Crippen LogP contribution in [0.2, 0.25) is 5.02 Å². The zero-order valence-corrected chi connectivity index (χ0v) is 31.6. The van der Waals surface area contributed by atoms with Crippen LogP contribution in [0.3, 0.4) is 0 Å². The molecule has 4 heterocycles. The quantitative estimate of drug-likeness (QED) is 0.207. The van der Waals surface area contributed by atoms with Gasteiger partial charge in [-0.05, 0) is 99.7 Å². The van der Waals surface area contributed by atoms with E-state index in [1.54, 1.807) is 29.2 Å². The molecule has 55 heavy (non-hydrogen) atoms. The molecule has 4 amide bonds. The number of anilines is 2. The third kappa shape index (κ3) is 8.26. The van der Waals surface area contributed by atoms with Crippen molar-refractivity contribution in [3.8, 4) is 11.8 Å². The molecule has 4 aliphatic rings. The van der Waals surface area contributed by atoms with Crippen LogP contribution in [-0.2, 0) is 4.79 Å². The Kier molecular flexibility index (Phi) is 10.9. The van der Waals surface area contributed by atoms with Crippen LogP contribution in [0.25, 0.3) is 10.9 Å². The Morgan fingerprint density at radius 3 is 2.44 bits per heavy atom. The minimum Gasteiger partial charge on any atom is -0.490 e. The van der Waals surface area contributed by atoms with Gasteiger partial charge in [-0.3, -0.25) is 24.7 Å². The van der Waals surface area contributed by atoms with Crippen molar-refractivity contribution in [3.05, 3.63) is 77.1 Å². The van der Waals surface area contributed by atoms with Crippen molar-refractivity contribution < 1.29 is 19.1 Å². The van der Waals surface area contributed by atoms with Gasteiger partial charge in [0.25, 0.3) is 5.91 Å². The average molecular weight is 764 g/mol. The van der Waals surface area contributed by atoms with Crippen LogP contribution in [0.5, 0.6) is 5.75 Å². The Labute approximate surface area is 325 Å². The fraction of sp³-hybridized carbons (Fsp3) is 0.463. The van der Waals surface area contributed by atoms with E-state index >= 15 is 0 Å². The lowest BCUT2D eigenvalue weighted by molar-refractivity contribution is -0.120. The van der Waals surface area contributed by atoms with Crippen molar-refractivity contribution >= 4 is 51.9 Å². The van der Waals surface area contributed by atoms with Gasteiger partial charge >= 0.3 is 6.03 Å². The Bertz CT molecular complexity index is 2080. The van der Waals surface area contributed by atoms with Gasteiger partial charge in [0.2, 0.25) is 5.91 Å². The number of rotatable bonds is 9. The molecule has 2 aromatic heterocycles. The summed E-state index contributed by atoms with van der Waals surface area (Å²) < 4.78 is 8.47. The number of hydrogen-bond acceptors (Lipinski definition) is 9. The summed E-state index contributed by atoms with van der Waals surface area (Å²) in [6, 6.07) is 19.2. The Hall–Kier alpha value is -5.19. The predicted octanol–water partition coefficient (Wildman–Crippen LogP) is 6.08. The molecule has 2 saturated carbocycles. The van der Waals surface area contributed by atoms with Crippen LogP contribution in [0.1, 0.15) is 79.9 Å². The van der Waals surface area contributed by atoms with Gasteiger partial charge in [0.05, 0.1) is 27.9 Å². The van der Waals surface area contributed by atoms with E-state index in [4.69, 9.17) is 21.6 Å². The predicted molar refractivity (Wildman–Crippen MR) is 209 cm³/mol. The van der Waals surface area contributed by atoms with Crippen molar-refractivity contribution in [3.63, 3.8) is 0 Å². The SMILES string of the molecule is N#Cc1ccc(O[C@H]2CC[C@H](NC(=O)c3ccc(N4CCN(CC5CCC(n6ccc7c(N8CCC(=O)NC8=O)cccc76)CC5)CC4)nn3)CC2)cc1Cl. The van der Waals surface area contributed by atoms with Gasteiger partial charge in [0.15, 0.2) is 11.5 Å². The normalized spacial score (nSPS) is 23.6. The molecule has 4 aromatic rings. The van der Waals surface area contributed by atoms with Crippen LogP contribution in [0.15, 0.2) is 60.8 Å².